The second-order valence-corrected chi connectivity index (χ2v) is 4.59. The molecule has 0 fully saturated rings. The lowest BCUT2D eigenvalue weighted by Crippen LogP contribution is -2.29. The van der Waals surface area contributed by atoms with E-state index in [9.17, 15) is 8.78 Å². The first-order valence-corrected chi connectivity index (χ1v) is 6.08. The summed E-state index contributed by atoms with van der Waals surface area (Å²) in [5.41, 5.74) is 4.01. The number of nitrogens with one attached hydrogen (secondary N) is 1. The molecular weight excluding hydrogens is 302 g/mol. The van der Waals surface area contributed by atoms with Crippen molar-refractivity contribution in [3.8, 4) is 0 Å². The molecule has 0 aliphatic carbocycles. The quantitative estimate of drug-likeness (QED) is 0.674. The van der Waals surface area contributed by atoms with E-state index >= 15 is 0 Å². The number of nitrogens with two attached hydrogens (primary N) is 1. The summed E-state index contributed by atoms with van der Waals surface area (Å²) in [6.07, 6.45) is 0. The Balaban J connectivity index is 2.45. The van der Waals surface area contributed by atoms with E-state index < -0.39 is 6.04 Å². The van der Waals surface area contributed by atoms with Crippen molar-refractivity contribution >= 4 is 15.9 Å². The average molecular weight is 313 g/mol. The van der Waals surface area contributed by atoms with Gasteiger partial charge in [-0.25, -0.2) is 14.2 Å². The van der Waals surface area contributed by atoms with Gasteiger partial charge in [0, 0.05) is 0 Å². The molecule has 0 saturated carbocycles. The van der Waals surface area contributed by atoms with Gasteiger partial charge in [0.05, 0.1) is 10.5 Å². The van der Waals surface area contributed by atoms with Crippen LogP contribution in [0.1, 0.15) is 17.2 Å². The molecule has 0 aliphatic rings. The summed E-state index contributed by atoms with van der Waals surface area (Å²) >= 11 is 3.19. The molecule has 3 N–H and O–H groups in total. The molecule has 0 spiro atoms. The Morgan fingerprint density at radius 3 is 2.33 bits per heavy atom. The topological polar surface area (TPSA) is 38.0 Å². The number of halogens is 3. The molecule has 0 aromatic heterocycles. The molecule has 0 bridgehead atoms. The van der Waals surface area contributed by atoms with Crippen LogP contribution in [0.3, 0.4) is 0 Å². The maximum absolute atomic E-state index is 13.5. The molecule has 2 rings (SSSR count). The number of benzene rings is 2. The Labute approximate surface area is 112 Å². The summed E-state index contributed by atoms with van der Waals surface area (Å²) in [4.78, 5) is 0. The Morgan fingerprint density at radius 2 is 1.72 bits per heavy atom. The maximum atomic E-state index is 13.5. The van der Waals surface area contributed by atoms with E-state index in [1.54, 1.807) is 24.3 Å². The first-order valence-electron chi connectivity index (χ1n) is 5.29. The van der Waals surface area contributed by atoms with Crippen molar-refractivity contribution in [3.05, 3.63) is 69.7 Å². The predicted molar refractivity (Wildman–Crippen MR) is 69.7 cm³/mol. The zero-order chi connectivity index (χ0) is 13.1. The van der Waals surface area contributed by atoms with E-state index in [0.29, 0.717) is 10.0 Å². The van der Waals surface area contributed by atoms with Crippen LogP contribution in [-0.2, 0) is 0 Å². The minimum absolute atomic E-state index is 0.326. The largest absolute Gasteiger partial charge is 0.271 e. The lowest BCUT2D eigenvalue weighted by atomic mass is 9.99. The standard InChI is InChI=1S/C13H11BrF2N2/c14-12-10(2-1-3-11(12)16)13(18-17)8-4-6-9(15)7-5-8/h1-7,13,18H,17H2. The summed E-state index contributed by atoms with van der Waals surface area (Å²) in [6.45, 7) is 0. The molecule has 5 heteroatoms. The van der Waals surface area contributed by atoms with Gasteiger partial charge in [-0.05, 0) is 45.3 Å². The van der Waals surface area contributed by atoms with Crippen molar-refractivity contribution in [2.24, 2.45) is 5.84 Å². The highest BCUT2D eigenvalue weighted by atomic mass is 79.9. The Bertz CT molecular complexity index is 543. The van der Waals surface area contributed by atoms with Crippen LogP contribution >= 0.6 is 15.9 Å². The van der Waals surface area contributed by atoms with Crippen LogP contribution in [0.5, 0.6) is 0 Å². The molecule has 1 atom stereocenters. The van der Waals surface area contributed by atoms with Gasteiger partial charge in [0.15, 0.2) is 0 Å². The third-order valence-corrected chi connectivity index (χ3v) is 3.50. The molecule has 0 heterocycles. The van der Waals surface area contributed by atoms with Crippen molar-refractivity contribution in [1.82, 2.24) is 5.43 Å². The lowest BCUT2D eigenvalue weighted by molar-refractivity contribution is 0.594. The Hall–Kier alpha value is -1.30. The third kappa shape index (κ3) is 2.58. The van der Waals surface area contributed by atoms with Crippen LogP contribution in [0.15, 0.2) is 46.9 Å². The van der Waals surface area contributed by atoms with Crippen molar-refractivity contribution in [1.29, 1.82) is 0 Å². The molecule has 2 aromatic carbocycles. The molecule has 2 aromatic rings. The van der Waals surface area contributed by atoms with Crippen LogP contribution in [-0.4, -0.2) is 0 Å². The van der Waals surface area contributed by atoms with Crippen LogP contribution < -0.4 is 11.3 Å². The zero-order valence-corrected chi connectivity index (χ0v) is 10.9. The van der Waals surface area contributed by atoms with E-state index in [0.717, 1.165) is 5.56 Å². The first kappa shape index (κ1) is 13.1. The second kappa shape index (κ2) is 5.56. The monoisotopic (exact) mass is 312 g/mol. The summed E-state index contributed by atoms with van der Waals surface area (Å²) in [5, 5.41) is 0. The van der Waals surface area contributed by atoms with E-state index in [2.05, 4.69) is 21.4 Å². The van der Waals surface area contributed by atoms with Gasteiger partial charge in [0.25, 0.3) is 0 Å². The van der Waals surface area contributed by atoms with Crippen molar-refractivity contribution < 1.29 is 8.78 Å². The molecule has 2 nitrogen and oxygen atoms in total. The second-order valence-electron chi connectivity index (χ2n) is 3.79. The number of hydrogen-bond acceptors (Lipinski definition) is 2. The third-order valence-electron chi connectivity index (χ3n) is 2.66. The van der Waals surface area contributed by atoms with E-state index in [1.807, 2.05) is 0 Å². The number of hydrogen-bond donors (Lipinski definition) is 2. The van der Waals surface area contributed by atoms with Crippen molar-refractivity contribution in [2.45, 2.75) is 6.04 Å². The van der Waals surface area contributed by atoms with Gasteiger partial charge in [0.1, 0.15) is 11.6 Å². The molecule has 94 valence electrons. The van der Waals surface area contributed by atoms with Gasteiger partial charge in [-0.3, -0.25) is 5.84 Å². The number of hydrazine groups is 1. The fraction of sp³-hybridized carbons (Fsp3) is 0.0769. The summed E-state index contributed by atoms with van der Waals surface area (Å²) < 4.78 is 26.7. The molecule has 0 amide bonds. The molecule has 0 saturated heterocycles. The molecule has 0 radical (unpaired) electrons. The van der Waals surface area contributed by atoms with Crippen molar-refractivity contribution in [2.75, 3.05) is 0 Å². The highest BCUT2D eigenvalue weighted by molar-refractivity contribution is 9.10. The van der Waals surface area contributed by atoms with Crippen LogP contribution in [0.4, 0.5) is 8.78 Å². The molecule has 18 heavy (non-hydrogen) atoms. The Morgan fingerprint density at radius 1 is 1.06 bits per heavy atom. The molecule has 1 unspecified atom stereocenters. The van der Waals surface area contributed by atoms with Gasteiger partial charge in [-0.15, -0.1) is 0 Å². The molecular formula is C13H11BrF2N2. The highest BCUT2D eigenvalue weighted by Gasteiger charge is 2.17. The minimum atomic E-state index is -0.407. The first-order chi connectivity index (χ1) is 8.63. The SMILES string of the molecule is NNC(c1ccc(F)cc1)c1cccc(F)c1Br. The van der Waals surface area contributed by atoms with Crippen LogP contribution in [0.25, 0.3) is 0 Å². The maximum Gasteiger partial charge on any atom is 0.137 e. The fourth-order valence-electron chi connectivity index (χ4n) is 1.76. The van der Waals surface area contributed by atoms with Gasteiger partial charge in [-0.1, -0.05) is 24.3 Å². The Kier molecular flexibility index (Phi) is 4.06. The predicted octanol–water partition coefficient (Wildman–Crippen LogP) is 3.28. The highest BCUT2D eigenvalue weighted by Crippen LogP contribution is 2.29. The van der Waals surface area contributed by atoms with Gasteiger partial charge < -0.3 is 0 Å². The summed E-state index contributed by atoms with van der Waals surface area (Å²) in [7, 11) is 0. The van der Waals surface area contributed by atoms with Crippen LogP contribution in [0.2, 0.25) is 0 Å². The number of rotatable bonds is 3. The summed E-state index contributed by atoms with van der Waals surface area (Å²) in [5.74, 6) is 4.81. The normalized spacial score (nSPS) is 12.4. The smallest absolute Gasteiger partial charge is 0.137 e. The van der Waals surface area contributed by atoms with Gasteiger partial charge in [0.2, 0.25) is 0 Å². The fourth-order valence-corrected chi connectivity index (χ4v) is 2.26. The van der Waals surface area contributed by atoms with Crippen molar-refractivity contribution in [3.63, 3.8) is 0 Å². The van der Waals surface area contributed by atoms with E-state index in [4.69, 9.17) is 5.84 Å². The van der Waals surface area contributed by atoms with E-state index in [-0.39, 0.29) is 11.6 Å². The molecule has 0 aliphatic heterocycles. The van der Waals surface area contributed by atoms with Crippen LogP contribution in [0, 0.1) is 11.6 Å². The zero-order valence-electron chi connectivity index (χ0n) is 9.33. The van der Waals surface area contributed by atoms with Gasteiger partial charge >= 0.3 is 0 Å². The average Bonchev–Trinajstić information content (AvgIpc) is 2.37. The lowest BCUT2D eigenvalue weighted by Gasteiger charge is -2.18. The van der Waals surface area contributed by atoms with E-state index in [1.165, 1.54) is 18.2 Å². The summed E-state index contributed by atoms with van der Waals surface area (Å²) in [6, 6.07) is 10.2. The minimum Gasteiger partial charge on any atom is -0.271 e. The van der Waals surface area contributed by atoms with Gasteiger partial charge in [-0.2, -0.15) is 0 Å².